The zero-order chi connectivity index (χ0) is 22.0. The summed E-state index contributed by atoms with van der Waals surface area (Å²) in [4.78, 5) is 16.8. The van der Waals surface area contributed by atoms with Gasteiger partial charge in [0, 0.05) is 25.0 Å². The van der Waals surface area contributed by atoms with Crippen LogP contribution in [0.25, 0.3) is 0 Å². The summed E-state index contributed by atoms with van der Waals surface area (Å²) in [5.74, 6) is 0.375. The van der Waals surface area contributed by atoms with Gasteiger partial charge >= 0.3 is 0 Å². The van der Waals surface area contributed by atoms with Gasteiger partial charge in [0.05, 0.1) is 4.90 Å². The minimum atomic E-state index is -3.19. The number of guanidine groups is 1. The number of nitrogens with zero attached hydrogens (tertiary/aromatic N) is 1. The average molecular weight is 558 g/mol. The van der Waals surface area contributed by atoms with Crippen LogP contribution in [0, 0.1) is 0 Å². The molecule has 2 aromatic carbocycles. The van der Waals surface area contributed by atoms with E-state index in [2.05, 4.69) is 27.9 Å². The van der Waals surface area contributed by atoms with Gasteiger partial charge in [0.25, 0.3) is 0 Å². The SMILES string of the molecule is CCNC(=NCC(=O)Nc1cccc(CC)c1)NCCc1ccc(S(C)(=O)=O)cc1.I. The number of hydrogen-bond acceptors (Lipinski definition) is 4. The third-order valence-corrected chi connectivity index (χ3v) is 5.53. The molecule has 0 spiro atoms. The summed E-state index contributed by atoms with van der Waals surface area (Å²) in [6.07, 6.45) is 2.80. The van der Waals surface area contributed by atoms with Crippen molar-refractivity contribution in [2.24, 2.45) is 4.99 Å². The maximum Gasteiger partial charge on any atom is 0.246 e. The second-order valence-corrected chi connectivity index (χ2v) is 8.91. The zero-order valence-electron chi connectivity index (χ0n) is 18.1. The van der Waals surface area contributed by atoms with E-state index >= 15 is 0 Å². The van der Waals surface area contributed by atoms with E-state index in [1.54, 1.807) is 24.3 Å². The molecule has 0 saturated heterocycles. The molecule has 2 aromatic rings. The highest BCUT2D eigenvalue weighted by atomic mass is 127. The lowest BCUT2D eigenvalue weighted by molar-refractivity contribution is -0.114. The molecule has 2 rings (SSSR count). The van der Waals surface area contributed by atoms with Gasteiger partial charge in [-0.05, 0) is 55.2 Å². The summed E-state index contributed by atoms with van der Waals surface area (Å²) < 4.78 is 23.0. The van der Waals surface area contributed by atoms with Gasteiger partial charge in [-0.25, -0.2) is 13.4 Å². The van der Waals surface area contributed by atoms with E-state index in [-0.39, 0.29) is 36.4 Å². The normalized spacial score (nSPS) is 11.4. The number of hydrogen-bond donors (Lipinski definition) is 3. The van der Waals surface area contributed by atoms with Crippen molar-refractivity contribution < 1.29 is 13.2 Å². The first-order valence-corrected chi connectivity index (χ1v) is 11.9. The molecule has 170 valence electrons. The second kappa shape index (κ2) is 13.3. The quantitative estimate of drug-likeness (QED) is 0.250. The zero-order valence-corrected chi connectivity index (χ0v) is 21.3. The van der Waals surface area contributed by atoms with E-state index in [1.807, 2.05) is 31.2 Å². The summed E-state index contributed by atoms with van der Waals surface area (Å²) >= 11 is 0. The van der Waals surface area contributed by atoms with E-state index in [1.165, 1.54) is 6.26 Å². The molecule has 7 nitrogen and oxygen atoms in total. The molecule has 1 amide bonds. The summed E-state index contributed by atoms with van der Waals surface area (Å²) in [5, 5.41) is 9.17. The van der Waals surface area contributed by atoms with Gasteiger partial charge in [0.15, 0.2) is 15.8 Å². The first-order valence-electron chi connectivity index (χ1n) is 10.0. The highest BCUT2D eigenvalue weighted by Gasteiger charge is 2.07. The first kappa shape index (κ1) is 26.9. The Bertz CT molecular complexity index is 977. The molecule has 0 atom stereocenters. The molecule has 0 aliphatic rings. The second-order valence-electron chi connectivity index (χ2n) is 6.89. The van der Waals surface area contributed by atoms with Crippen LogP contribution in [0.1, 0.15) is 25.0 Å². The molecule has 0 radical (unpaired) electrons. The molecule has 31 heavy (non-hydrogen) atoms. The Morgan fingerprint density at radius 2 is 1.71 bits per heavy atom. The number of rotatable bonds is 9. The number of nitrogens with one attached hydrogen (secondary N) is 3. The molecule has 0 fully saturated rings. The van der Waals surface area contributed by atoms with Crippen LogP contribution in [0.5, 0.6) is 0 Å². The Balaban J connectivity index is 0.00000480. The van der Waals surface area contributed by atoms with E-state index in [4.69, 9.17) is 0 Å². The van der Waals surface area contributed by atoms with Gasteiger partial charge in [0.1, 0.15) is 6.54 Å². The Morgan fingerprint density at radius 3 is 2.32 bits per heavy atom. The minimum absolute atomic E-state index is 0. The Labute approximate surface area is 202 Å². The Kier molecular flexibility index (Phi) is 11.5. The van der Waals surface area contributed by atoms with Crippen LogP contribution in [0.2, 0.25) is 0 Å². The van der Waals surface area contributed by atoms with Gasteiger partial charge in [-0.1, -0.05) is 31.2 Å². The largest absolute Gasteiger partial charge is 0.357 e. The van der Waals surface area contributed by atoms with Gasteiger partial charge < -0.3 is 16.0 Å². The van der Waals surface area contributed by atoms with Crippen molar-refractivity contribution in [3.63, 3.8) is 0 Å². The number of carbonyl (C=O) groups is 1. The van der Waals surface area contributed by atoms with Crippen LogP contribution in [-0.2, 0) is 27.5 Å². The summed E-state index contributed by atoms with van der Waals surface area (Å²) in [7, 11) is -3.19. The van der Waals surface area contributed by atoms with Crippen LogP contribution >= 0.6 is 24.0 Å². The van der Waals surface area contributed by atoms with Crippen molar-refractivity contribution in [2.45, 2.75) is 31.6 Å². The number of carbonyl (C=O) groups excluding carboxylic acids is 1. The number of sulfone groups is 1. The fourth-order valence-corrected chi connectivity index (χ4v) is 3.42. The molecular weight excluding hydrogens is 527 g/mol. The standard InChI is InChI=1S/C22H30N4O3S.HI/c1-4-17-7-6-8-19(15-17)26-21(27)16-25-22(23-5-2)24-14-13-18-9-11-20(12-10-18)30(3,28)29;/h6-12,15H,4-5,13-14,16H2,1-3H3,(H,26,27)(H2,23,24,25);1H. The lowest BCUT2D eigenvalue weighted by Crippen LogP contribution is -2.39. The van der Waals surface area contributed by atoms with Crippen molar-refractivity contribution >= 4 is 51.4 Å². The number of halogens is 1. The Morgan fingerprint density at radius 1 is 1.00 bits per heavy atom. The summed E-state index contributed by atoms with van der Waals surface area (Å²) in [6, 6.07) is 14.6. The third-order valence-electron chi connectivity index (χ3n) is 4.40. The molecule has 0 aromatic heterocycles. The molecule has 0 aliphatic carbocycles. The first-order chi connectivity index (χ1) is 14.3. The lowest BCUT2D eigenvalue weighted by atomic mass is 10.1. The topological polar surface area (TPSA) is 99.7 Å². The number of aliphatic imine (C=N–C) groups is 1. The van der Waals surface area contributed by atoms with E-state index in [0.29, 0.717) is 30.4 Å². The molecule has 9 heteroatoms. The lowest BCUT2D eigenvalue weighted by Gasteiger charge is -2.12. The van der Waals surface area contributed by atoms with Crippen LogP contribution in [-0.4, -0.2) is 46.2 Å². The molecule has 0 heterocycles. The van der Waals surface area contributed by atoms with Gasteiger partial charge in [0.2, 0.25) is 5.91 Å². The summed E-state index contributed by atoms with van der Waals surface area (Å²) in [6.45, 7) is 5.31. The van der Waals surface area contributed by atoms with E-state index in [9.17, 15) is 13.2 Å². The smallest absolute Gasteiger partial charge is 0.246 e. The van der Waals surface area contributed by atoms with Crippen LogP contribution in [0.3, 0.4) is 0 Å². The van der Waals surface area contributed by atoms with Crippen molar-refractivity contribution in [2.75, 3.05) is 31.2 Å². The number of anilines is 1. The predicted octanol–water partition coefficient (Wildman–Crippen LogP) is 3.01. The number of amides is 1. The van der Waals surface area contributed by atoms with Crippen LogP contribution in [0.4, 0.5) is 5.69 Å². The van der Waals surface area contributed by atoms with Crippen molar-refractivity contribution in [3.05, 3.63) is 59.7 Å². The number of benzene rings is 2. The monoisotopic (exact) mass is 558 g/mol. The minimum Gasteiger partial charge on any atom is -0.357 e. The molecule has 0 saturated carbocycles. The fourth-order valence-electron chi connectivity index (χ4n) is 2.79. The van der Waals surface area contributed by atoms with Gasteiger partial charge in [-0.2, -0.15) is 0 Å². The van der Waals surface area contributed by atoms with Gasteiger partial charge in [-0.3, -0.25) is 4.79 Å². The van der Waals surface area contributed by atoms with Crippen molar-refractivity contribution in [3.8, 4) is 0 Å². The van der Waals surface area contributed by atoms with E-state index in [0.717, 1.165) is 23.2 Å². The van der Waals surface area contributed by atoms with Crippen LogP contribution in [0.15, 0.2) is 58.4 Å². The average Bonchev–Trinajstić information content (AvgIpc) is 2.72. The highest BCUT2D eigenvalue weighted by Crippen LogP contribution is 2.11. The predicted molar refractivity (Wildman–Crippen MR) is 137 cm³/mol. The maximum atomic E-state index is 12.2. The fraction of sp³-hybridized carbons (Fsp3) is 0.364. The molecule has 0 unspecified atom stereocenters. The van der Waals surface area contributed by atoms with Crippen LogP contribution < -0.4 is 16.0 Å². The molecule has 0 aliphatic heterocycles. The summed E-state index contributed by atoms with van der Waals surface area (Å²) in [5.41, 5.74) is 2.94. The molecular formula is C22H31IN4O3S. The van der Waals surface area contributed by atoms with Crippen molar-refractivity contribution in [1.29, 1.82) is 0 Å². The highest BCUT2D eigenvalue weighted by molar-refractivity contribution is 14.0. The molecule has 3 N–H and O–H groups in total. The Hall–Kier alpha value is -2.14. The van der Waals surface area contributed by atoms with E-state index < -0.39 is 9.84 Å². The maximum absolute atomic E-state index is 12.2. The third kappa shape index (κ3) is 9.69. The van der Waals surface area contributed by atoms with Crippen molar-refractivity contribution in [1.82, 2.24) is 10.6 Å². The molecule has 0 bridgehead atoms. The number of aryl methyl sites for hydroxylation is 1. The van der Waals surface area contributed by atoms with Gasteiger partial charge in [-0.15, -0.1) is 24.0 Å².